The van der Waals surface area contributed by atoms with Crippen molar-refractivity contribution in [2.45, 2.75) is 5.56 Å². The summed E-state index contributed by atoms with van der Waals surface area (Å²) in [6.45, 7) is -0.00429. The van der Waals surface area contributed by atoms with Crippen LogP contribution in [0.15, 0.2) is 18.2 Å². The van der Waals surface area contributed by atoms with Gasteiger partial charge in [0, 0.05) is 5.69 Å². The number of anilines is 2. The van der Waals surface area contributed by atoms with Gasteiger partial charge in [-0.15, -0.1) is 0 Å². The van der Waals surface area contributed by atoms with E-state index in [-0.39, 0.29) is 12.1 Å². The third-order valence-electron chi connectivity index (χ3n) is 1.41. The number of aliphatic hydroxyl groups is 1. The van der Waals surface area contributed by atoms with Crippen LogP contribution in [-0.4, -0.2) is 22.8 Å². The van der Waals surface area contributed by atoms with E-state index in [0.29, 0.717) is 17.1 Å². The van der Waals surface area contributed by atoms with Gasteiger partial charge in [-0.25, -0.2) is 0 Å². The molecule has 80 valence electrons. The molecule has 0 amide bonds. The second-order valence-electron chi connectivity index (χ2n) is 2.54. The van der Waals surface area contributed by atoms with E-state index >= 15 is 0 Å². The van der Waals surface area contributed by atoms with Gasteiger partial charge in [-0.3, -0.25) is 0 Å². The van der Waals surface area contributed by atoms with Crippen molar-refractivity contribution in [2.24, 2.45) is 0 Å². The van der Waals surface area contributed by atoms with Crippen molar-refractivity contribution in [1.82, 2.24) is 0 Å². The minimum Gasteiger partial charge on any atom is -0.487 e. The Morgan fingerprint density at radius 3 is 2.57 bits per heavy atom. The second-order valence-corrected chi connectivity index (χ2v) is 3.05. The van der Waals surface area contributed by atoms with Crippen LogP contribution in [0.5, 0.6) is 5.75 Å². The molecule has 0 saturated heterocycles. The van der Waals surface area contributed by atoms with Crippen LogP contribution in [-0.2, 0) is 0 Å². The fraction of sp³-hybridized carbons (Fsp3) is 0.250. The molecule has 0 bridgehead atoms. The van der Waals surface area contributed by atoms with E-state index in [4.69, 9.17) is 32.9 Å². The van der Waals surface area contributed by atoms with Gasteiger partial charge in [0.05, 0.1) is 5.69 Å². The topological polar surface area (TPSA) is 113 Å². The van der Waals surface area contributed by atoms with Crippen LogP contribution in [0.4, 0.5) is 11.4 Å². The maximum absolute atomic E-state index is 8.73. The summed E-state index contributed by atoms with van der Waals surface area (Å²) in [6.07, 6.45) is 0. The highest BCUT2D eigenvalue weighted by molar-refractivity contribution is 6.19. The van der Waals surface area contributed by atoms with E-state index in [2.05, 4.69) is 0 Å². The van der Waals surface area contributed by atoms with Gasteiger partial charge < -0.3 is 26.8 Å². The van der Waals surface area contributed by atoms with Crippen molar-refractivity contribution in [3.05, 3.63) is 18.2 Å². The maximum atomic E-state index is 8.73. The molecule has 1 atom stereocenters. The molecule has 0 spiro atoms. The highest BCUT2D eigenvalue weighted by atomic mass is 35.5. The number of nitrogens with two attached hydrogens (primary N) is 2. The zero-order chi connectivity index (χ0) is 9.84. The lowest BCUT2D eigenvalue weighted by Gasteiger charge is -2.09. The van der Waals surface area contributed by atoms with Gasteiger partial charge >= 0.3 is 0 Å². The van der Waals surface area contributed by atoms with E-state index in [9.17, 15) is 0 Å². The van der Waals surface area contributed by atoms with Gasteiger partial charge in [0.15, 0.2) is 5.56 Å². The van der Waals surface area contributed by atoms with Crippen LogP contribution in [0.2, 0.25) is 0 Å². The maximum Gasteiger partial charge on any atom is 0.161 e. The van der Waals surface area contributed by atoms with Gasteiger partial charge in [0.2, 0.25) is 0 Å². The van der Waals surface area contributed by atoms with Crippen LogP contribution in [0.25, 0.3) is 0 Å². The SMILES string of the molecule is Nc1ccc(OCC(O)Cl)c(N)c1.O. The monoisotopic (exact) mass is 220 g/mol. The molecule has 0 aliphatic carbocycles. The van der Waals surface area contributed by atoms with E-state index in [1.165, 1.54) is 0 Å². The van der Waals surface area contributed by atoms with Crippen LogP contribution in [0.3, 0.4) is 0 Å². The fourth-order valence-electron chi connectivity index (χ4n) is 0.857. The molecule has 0 aliphatic rings. The zero-order valence-corrected chi connectivity index (χ0v) is 8.16. The first kappa shape index (κ1) is 12.8. The third kappa shape index (κ3) is 3.69. The highest BCUT2D eigenvalue weighted by Crippen LogP contribution is 2.23. The van der Waals surface area contributed by atoms with Crippen molar-refractivity contribution in [1.29, 1.82) is 0 Å². The first-order chi connectivity index (χ1) is 6.09. The molecule has 1 aromatic rings. The van der Waals surface area contributed by atoms with Gasteiger partial charge in [0.1, 0.15) is 12.4 Å². The van der Waals surface area contributed by atoms with E-state index < -0.39 is 5.56 Å². The minimum atomic E-state index is -1.03. The molecular weight excluding hydrogens is 208 g/mol. The number of nitrogen functional groups attached to an aromatic ring is 2. The first-order valence-corrected chi connectivity index (χ1v) is 4.13. The summed E-state index contributed by atoms with van der Waals surface area (Å²) >= 11 is 5.28. The molecule has 0 fully saturated rings. The number of ether oxygens (including phenoxy) is 1. The molecule has 1 unspecified atom stereocenters. The molecule has 0 heterocycles. The van der Waals surface area contributed by atoms with E-state index in [1.807, 2.05) is 0 Å². The average Bonchev–Trinajstić information content (AvgIpc) is 2.02. The van der Waals surface area contributed by atoms with Crippen molar-refractivity contribution >= 4 is 23.0 Å². The van der Waals surface area contributed by atoms with Crippen molar-refractivity contribution < 1.29 is 15.3 Å². The second kappa shape index (κ2) is 5.54. The normalized spacial score (nSPS) is 11.6. The molecule has 0 saturated carbocycles. The number of alkyl halides is 1. The molecule has 1 aromatic carbocycles. The van der Waals surface area contributed by atoms with Gasteiger partial charge in [0.25, 0.3) is 0 Å². The summed E-state index contributed by atoms with van der Waals surface area (Å²) in [5.41, 5.74) is 11.0. The zero-order valence-electron chi connectivity index (χ0n) is 7.40. The highest BCUT2D eigenvalue weighted by Gasteiger charge is 2.03. The Hall–Kier alpha value is -1.17. The lowest BCUT2D eigenvalue weighted by molar-refractivity contribution is 0.170. The van der Waals surface area contributed by atoms with E-state index in [0.717, 1.165) is 0 Å². The molecule has 5 nitrogen and oxygen atoms in total. The first-order valence-electron chi connectivity index (χ1n) is 3.69. The lowest BCUT2D eigenvalue weighted by Crippen LogP contribution is -2.11. The van der Waals surface area contributed by atoms with Crippen molar-refractivity contribution in [2.75, 3.05) is 18.1 Å². The van der Waals surface area contributed by atoms with Gasteiger partial charge in [-0.05, 0) is 18.2 Å². The molecule has 0 radical (unpaired) electrons. The number of benzene rings is 1. The Morgan fingerprint density at radius 1 is 1.43 bits per heavy atom. The Balaban J connectivity index is 0.00000169. The number of aliphatic hydroxyl groups excluding tert-OH is 1. The van der Waals surface area contributed by atoms with E-state index in [1.54, 1.807) is 18.2 Å². The summed E-state index contributed by atoms with van der Waals surface area (Å²) in [4.78, 5) is 0. The lowest BCUT2D eigenvalue weighted by atomic mass is 10.2. The predicted molar refractivity (Wildman–Crippen MR) is 56.2 cm³/mol. The fourth-order valence-corrected chi connectivity index (χ4v) is 0.920. The summed E-state index contributed by atoms with van der Waals surface area (Å²) < 4.78 is 5.09. The Labute approximate surface area is 86.5 Å². The predicted octanol–water partition coefficient (Wildman–Crippen LogP) is -0.0377. The quantitative estimate of drug-likeness (QED) is 0.490. The molecule has 7 N–H and O–H groups in total. The summed E-state index contributed by atoms with van der Waals surface area (Å²) in [5.74, 6) is 0.467. The molecule has 0 aromatic heterocycles. The number of hydrogen-bond donors (Lipinski definition) is 3. The van der Waals surface area contributed by atoms with Crippen molar-refractivity contribution in [3.8, 4) is 5.75 Å². The third-order valence-corrected chi connectivity index (χ3v) is 1.54. The smallest absolute Gasteiger partial charge is 0.161 e. The number of hydrogen-bond acceptors (Lipinski definition) is 4. The molecule has 6 heteroatoms. The summed E-state index contributed by atoms with van der Waals surface area (Å²) in [6, 6.07) is 4.87. The number of halogens is 1. The van der Waals surface area contributed by atoms with Gasteiger partial charge in [-0.1, -0.05) is 11.6 Å². The van der Waals surface area contributed by atoms with Crippen LogP contribution in [0.1, 0.15) is 0 Å². The largest absolute Gasteiger partial charge is 0.487 e. The average molecular weight is 221 g/mol. The minimum absolute atomic E-state index is 0. The van der Waals surface area contributed by atoms with Crippen LogP contribution < -0.4 is 16.2 Å². The number of rotatable bonds is 3. The Bertz CT molecular complexity index is 294. The van der Waals surface area contributed by atoms with Crippen LogP contribution >= 0.6 is 11.6 Å². The summed E-state index contributed by atoms with van der Waals surface area (Å²) in [5, 5.41) is 8.73. The standard InChI is InChI=1S/C8H11ClN2O2.H2O/c9-8(12)4-13-7-2-1-5(10)3-6(7)11;/h1-3,8,12H,4,10-11H2;1H2. The Kier molecular flexibility index (Phi) is 5.07. The molecule has 1 rings (SSSR count). The molecule has 0 aliphatic heterocycles. The molecular formula is C8H13ClN2O3. The van der Waals surface area contributed by atoms with Crippen molar-refractivity contribution in [3.63, 3.8) is 0 Å². The molecule has 14 heavy (non-hydrogen) atoms. The van der Waals surface area contributed by atoms with Gasteiger partial charge in [-0.2, -0.15) is 0 Å². The Morgan fingerprint density at radius 2 is 2.07 bits per heavy atom. The summed E-state index contributed by atoms with van der Waals surface area (Å²) in [7, 11) is 0. The van der Waals surface area contributed by atoms with Crippen LogP contribution in [0, 0.1) is 0 Å².